The summed E-state index contributed by atoms with van der Waals surface area (Å²) in [6.07, 6.45) is -0.124. The average Bonchev–Trinajstić information content (AvgIpc) is 2.98. The number of alkyl halides is 3. The van der Waals surface area contributed by atoms with Crippen molar-refractivity contribution in [3.8, 4) is 11.3 Å². The lowest BCUT2D eigenvalue weighted by molar-refractivity contribution is -0.137. The number of hydrogen-bond acceptors (Lipinski definition) is 8. The molecule has 6 N–H and O–H groups in total. The number of oxime groups is 1. The lowest BCUT2D eigenvalue weighted by Crippen LogP contribution is -2.35. The van der Waals surface area contributed by atoms with E-state index >= 15 is 0 Å². The number of amidine groups is 1. The van der Waals surface area contributed by atoms with Crippen molar-refractivity contribution in [2.75, 3.05) is 11.1 Å². The van der Waals surface area contributed by atoms with Gasteiger partial charge in [-0.25, -0.2) is 4.98 Å². The zero-order valence-electron chi connectivity index (χ0n) is 23.9. The number of pyridine rings is 1. The first-order valence-corrected chi connectivity index (χ1v) is 13.5. The number of nitrogens with two attached hydrogens (primary N) is 2. The van der Waals surface area contributed by atoms with Crippen molar-refractivity contribution in [1.29, 1.82) is 0 Å². The fourth-order valence-corrected chi connectivity index (χ4v) is 4.12. The number of hydrogen-bond donors (Lipinski definition) is 4. The second kappa shape index (κ2) is 13.7. The molecule has 0 aliphatic carbocycles. The van der Waals surface area contributed by atoms with Crippen molar-refractivity contribution in [3.05, 3.63) is 106 Å². The number of rotatable bonds is 11. The van der Waals surface area contributed by atoms with Gasteiger partial charge < -0.3 is 26.9 Å². The third kappa shape index (κ3) is 8.33. The van der Waals surface area contributed by atoms with E-state index in [9.17, 15) is 22.8 Å². The summed E-state index contributed by atoms with van der Waals surface area (Å²) in [5.74, 6) is -0.435. The Morgan fingerprint density at radius 1 is 1.09 bits per heavy atom. The molecule has 2 aromatic heterocycles. The van der Waals surface area contributed by atoms with Crippen LogP contribution in [0, 0.1) is 0 Å². The molecular weight excluding hydrogens is 577 g/mol. The van der Waals surface area contributed by atoms with E-state index < -0.39 is 29.8 Å². The molecular formula is C30H31F3N8O3. The van der Waals surface area contributed by atoms with E-state index in [0.29, 0.717) is 5.56 Å². The molecule has 44 heavy (non-hydrogen) atoms. The Morgan fingerprint density at radius 3 is 2.50 bits per heavy atom. The van der Waals surface area contributed by atoms with Crippen molar-refractivity contribution in [3.63, 3.8) is 0 Å². The summed E-state index contributed by atoms with van der Waals surface area (Å²) in [4.78, 5) is 39.7. The van der Waals surface area contributed by atoms with Gasteiger partial charge in [0, 0.05) is 47.4 Å². The van der Waals surface area contributed by atoms with Crippen molar-refractivity contribution < 1.29 is 22.8 Å². The minimum absolute atomic E-state index is 0.00196. The van der Waals surface area contributed by atoms with E-state index in [-0.39, 0.29) is 47.8 Å². The number of benzene rings is 2. The fourth-order valence-electron chi connectivity index (χ4n) is 4.12. The Hall–Kier alpha value is -5.40. The van der Waals surface area contributed by atoms with Crippen LogP contribution in [0.5, 0.6) is 0 Å². The number of carbonyl (C=O) groups excluding carboxylic acids is 1. The minimum Gasteiger partial charge on any atom is -0.399 e. The minimum atomic E-state index is -4.67. The van der Waals surface area contributed by atoms with Gasteiger partial charge in [-0.3, -0.25) is 19.1 Å². The number of aromatic nitrogens is 3. The van der Waals surface area contributed by atoms with Crippen LogP contribution in [0.2, 0.25) is 0 Å². The highest BCUT2D eigenvalue weighted by atomic mass is 19.4. The van der Waals surface area contributed by atoms with Gasteiger partial charge in [-0.15, -0.1) is 0 Å². The zero-order chi connectivity index (χ0) is 31.9. The highest BCUT2D eigenvalue weighted by molar-refractivity contribution is 5.97. The van der Waals surface area contributed by atoms with E-state index in [2.05, 4.69) is 25.8 Å². The normalized spacial score (nSPS) is 11.8. The van der Waals surface area contributed by atoms with Crippen LogP contribution >= 0.6 is 0 Å². The first-order valence-electron chi connectivity index (χ1n) is 13.5. The van der Waals surface area contributed by atoms with Crippen LogP contribution in [0.15, 0.2) is 83.1 Å². The lowest BCUT2D eigenvalue weighted by atomic mass is 10.1. The van der Waals surface area contributed by atoms with E-state index in [1.165, 1.54) is 12.3 Å². The first-order chi connectivity index (χ1) is 20.9. The molecule has 14 heteroatoms. The number of anilines is 2. The van der Waals surface area contributed by atoms with E-state index in [4.69, 9.17) is 16.3 Å². The van der Waals surface area contributed by atoms with Crippen LogP contribution in [0.3, 0.4) is 0 Å². The van der Waals surface area contributed by atoms with Crippen LogP contribution < -0.4 is 27.7 Å². The van der Waals surface area contributed by atoms with Gasteiger partial charge >= 0.3 is 6.18 Å². The van der Waals surface area contributed by atoms with Crippen molar-refractivity contribution in [1.82, 2.24) is 19.9 Å². The molecule has 0 saturated heterocycles. The molecule has 0 aliphatic heterocycles. The summed E-state index contributed by atoms with van der Waals surface area (Å²) in [5.41, 5.74) is 12.1. The molecule has 0 saturated carbocycles. The maximum atomic E-state index is 13.5. The summed E-state index contributed by atoms with van der Waals surface area (Å²) in [7, 11) is 0. The van der Waals surface area contributed by atoms with Gasteiger partial charge in [-0.1, -0.05) is 35.5 Å². The summed E-state index contributed by atoms with van der Waals surface area (Å²) in [6.45, 7) is 3.42. The van der Waals surface area contributed by atoms with Crippen LogP contribution in [-0.4, -0.2) is 32.3 Å². The van der Waals surface area contributed by atoms with Gasteiger partial charge in [0.25, 0.3) is 5.56 Å². The number of carbonyl (C=O) groups is 1. The number of halogens is 3. The number of amides is 1. The van der Waals surface area contributed by atoms with Crippen LogP contribution in [0.4, 0.5) is 24.7 Å². The molecule has 1 amide bonds. The summed E-state index contributed by atoms with van der Waals surface area (Å²) in [5, 5.41) is 9.53. The van der Waals surface area contributed by atoms with Gasteiger partial charge in [0.1, 0.15) is 13.2 Å². The third-order valence-corrected chi connectivity index (χ3v) is 6.22. The Labute approximate surface area is 250 Å². The van der Waals surface area contributed by atoms with Gasteiger partial charge in [-0.05, 0) is 43.7 Å². The number of nitrogen functional groups attached to an aromatic ring is 1. The first kappa shape index (κ1) is 31.5. The fraction of sp³-hybridized carbons (Fsp3) is 0.233. The van der Waals surface area contributed by atoms with Crippen molar-refractivity contribution in [2.24, 2.45) is 10.9 Å². The average molecular weight is 609 g/mol. The second-order valence-electron chi connectivity index (χ2n) is 10.1. The standard InChI is InChI=1S/C30H31F3N8O3/c1-18(2)39-28-29(43)41(25(15-38-28)22-10-23(30(31,32)33)12-24(34)11-22)16-26(42)37-14-19-5-7-21(8-6-19)27(35)40-44-17-20-4-3-9-36-13-20/h3-13,15,18H,14,16-17,34H2,1-2H3,(H2,35,40)(H,37,42)(H,38,39). The highest BCUT2D eigenvalue weighted by Gasteiger charge is 2.31. The monoisotopic (exact) mass is 608 g/mol. The van der Waals surface area contributed by atoms with Crippen molar-refractivity contribution in [2.45, 2.75) is 45.8 Å². The van der Waals surface area contributed by atoms with E-state index in [1.54, 1.807) is 56.6 Å². The van der Waals surface area contributed by atoms with Gasteiger partial charge in [-0.2, -0.15) is 13.2 Å². The SMILES string of the molecule is CC(C)Nc1ncc(-c2cc(N)cc(C(F)(F)F)c2)n(CC(=O)NCc2ccc(/C(N)=N/OCc3cccnc3)cc2)c1=O. The molecule has 11 nitrogen and oxygen atoms in total. The Balaban J connectivity index is 1.48. The molecule has 0 aliphatic rings. The molecule has 0 spiro atoms. The zero-order valence-corrected chi connectivity index (χ0v) is 23.9. The Bertz CT molecular complexity index is 1690. The second-order valence-corrected chi connectivity index (χ2v) is 10.1. The molecule has 0 unspecified atom stereocenters. The molecule has 2 aromatic carbocycles. The number of nitrogens with zero attached hydrogens (tertiary/aromatic N) is 4. The molecule has 4 rings (SSSR count). The maximum Gasteiger partial charge on any atom is 0.416 e. The van der Waals surface area contributed by atoms with Gasteiger partial charge in [0.05, 0.1) is 17.5 Å². The van der Waals surface area contributed by atoms with Gasteiger partial charge in [0.15, 0.2) is 11.7 Å². The van der Waals surface area contributed by atoms with Crippen molar-refractivity contribution >= 4 is 23.2 Å². The van der Waals surface area contributed by atoms with Crippen LogP contribution in [0.1, 0.15) is 36.1 Å². The highest BCUT2D eigenvalue weighted by Crippen LogP contribution is 2.34. The molecule has 0 atom stereocenters. The number of nitrogens with one attached hydrogen (secondary N) is 2. The molecule has 0 radical (unpaired) electrons. The molecule has 0 bridgehead atoms. The topological polar surface area (TPSA) is 163 Å². The Morgan fingerprint density at radius 2 is 1.84 bits per heavy atom. The summed E-state index contributed by atoms with van der Waals surface area (Å²) >= 11 is 0. The smallest absolute Gasteiger partial charge is 0.399 e. The molecule has 230 valence electrons. The largest absolute Gasteiger partial charge is 0.416 e. The van der Waals surface area contributed by atoms with E-state index in [0.717, 1.165) is 27.8 Å². The quantitative estimate of drug-likeness (QED) is 0.0863. The van der Waals surface area contributed by atoms with Crippen LogP contribution in [0.25, 0.3) is 11.3 Å². The lowest BCUT2D eigenvalue weighted by Gasteiger charge is -2.17. The van der Waals surface area contributed by atoms with Gasteiger partial charge in [0.2, 0.25) is 5.91 Å². The molecule has 0 fully saturated rings. The molecule has 4 aromatic rings. The Kier molecular flexibility index (Phi) is 9.83. The third-order valence-electron chi connectivity index (χ3n) is 6.22. The molecule has 2 heterocycles. The predicted octanol–water partition coefficient (Wildman–Crippen LogP) is 3.88. The summed E-state index contributed by atoms with van der Waals surface area (Å²) in [6, 6.07) is 13.3. The predicted molar refractivity (Wildman–Crippen MR) is 160 cm³/mol. The maximum absolute atomic E-state index is 13.5. The van der Waals surface area contributed by atoms with E-state index in [1.807, 2.05) is 6.07 Å². The van der Waals surface area contributed by atoms with Crippen LogP contribution in [-0.2, 0) is 35.5 Å². The summed E-state index contributed by atoms with van der Waals surface area (Å²) < 4.78 is 41.5.